The number of nitrogens with zero attached hydrogens (tertiary/aromatic N) is 2. The number of thiazole rings is 1. The number of furan rings is 1. The van der Waals surface area contributed by atoms with Gasteiger partial charge in [-0.05, 0) is 25.2 Å². The molecule has 0 amide bonds. The Morgan fingerprint density at radius 1 is 1.23 bits per heavy atom. The third kappa shape index (κ3) is 3.40. The van der Waals surface area contributed by atoms with Crippen LogP contribution in [-0.2, 0) is 13.1 Å². The van der Waals surface area contributed by atoms with Crippen molar-refractivity contribution < 1.29 is 13.2 Å². The first-order chi connectivity index (χ1) is 10.6. The third-order valence-electron chi connectivity index (χ3n) is 3.17. The summed E-state index contributed by atoms with van der Waals surface area (Å²) in [6.45, 7) is 0.966. The molecule has 0 saturated heterocycles. The molecule has 2 heterocycles. The molecule has 3 nitrogen and oxygen atoms in total. The van der Waals surface area contributed by atoms with Crippen LogP contribution in [0.4, 0.5) is 8.78 Å². The van der Waals surface area contributed by atoms with Crippen molar-refractivity contribution in [1.29, 1.82) is 0 Å². The molecule has 2 aromatic heterocycles. The van der Waals surface area contributed by atoms with Crippen molar-refractivity contribution >= 4 is 11.3 Å². The number of hydrogen-bond acceptors (Lipinski definition) is 4. The maximum atomic E-state index is 13.6. The van der Waals surface area contributed by atoms with Gasteiger partial charge in [-0.3, -0.25) is 4.90 Å². The van der Waals surface area contributed by atoms with Gasteiger partial charge in [-0.25, -0.2) is 13.8 Å². The Kier molecular flexibility index (Phi) is 4.31. The van der Waals surface area contributed by atoms with E-state index >= 15 is 0 Å². The first-order valence-corrected chi connectivity index (χ1v) is 7.60. The summed E-state index contributed by atoms with van der Waals surface area (Å²) in [7, 11) is 1.87. The lowest BCUT2D eigenvalue weighted by Gasteiger charge is -2.15. The van der Waals surface area contributed by atoms with Gasteiger partial charge in [0, 0.05) is 30.1 Å². The van der Waals surface area contributed by atoms with E-state index in [1.165, 1.54) is 23.5 Å². The fourth-order valence-electron chi connectivity index (χ4n) is 2.17. The van der Waals surface area contributed by atoms with Gasteiger partial charge in [-0.15, -0.1) is 11.3 Å². The molecule has 0 aliphatic rings. The minimum Gasteiger partial charge on any atom is -0.462 e. The largest absolute Gasteiger partial charge is 0.462 e. The van der Waals surface area contributed by atoms with Gasteiger partial charge in [-0.2, -0.15) is 0 Å². The topological polar surface area (TPSA) is 29.3 Å². The van der Waals surface area contributed by atoms with E-state index in [9.17, 15) is 8.78 Å². The van der Waals surface area contributed by atoms with Crippen molar-refractivity contribution in [1.82, 2.24) is 9.88 Å². The predicted octanol–water partition coefficient (Wildman–Crippen LogP) is 4.31. The highest BCUT2D eigenvalue weighted by Gasteiger charge is 2.11. The molecule has 6 heteroatoms. The van der Waals surface area contributed by atoms with E-state index in [0.29, 0.717) is 18.7 Å². The quantitative estimate of drug-likeness (QED) is 0.701. The fourth-order valence-corrected chi connectivity index (χ4v) is 2.94. The minimum absolute atomic E-state index is 0.389. The minimum atomic E-state index is -0.563. The zero-order chi connectivity index (χ0) is 15.5. The van der Waals surface area contributed by atoms with Crippen LogP contribution in [-0.4, -0.2) is 16.9 Å². The number of halogens is 2. The molecule has 0 saturated carbocycles. The van der Waals surface area contributed by atoms with Crippen LogP contribution >= 0.6 is 11.3 Å². The Morgan fingerprint density at radius 3 is 2.82 bits per heavy atom. The summed E-state index contributed by atoms with van der Waals surface area (Å²) in [5, 5.41) is 2.77. The summed E-state index contributed by atoms with van der Waals surface area (Å²) in [6.07, 6.45) is 1.61. The zero-order valence-electron chi connectivity index (χ0n) is 11.9. The second-order valence-corrected chi connectivity index (χ2v) is 5.89. The standard InChI is InChI=1S/C16H14F2N2OS/c1-20(8-11-4-5-12(17)7-14(11)18)9-13-10-22-16(19-13)15-3-2-6-21-15/h2-7,10H,8-9H2,1H3. The average Bonchev–Trinajstić information content (AvgIpc) is 3.12. The molecule has 0 fully saturated rings. The highest BCUT2D eigenvalue weighted by Crippen LogP contribution is 2.24. The summed E-state index contributed by atoms with van der Waals surface area (Å²) >= 11 is 1.51. The molecule has 0 aliphatic carbocycles. The lowest BCUT2D eigenvalue weighted by atomic mass is 10.2. The Labute approximate surface area is 130 Å². The first-order valence-electron chi connectivity index (χ1n) is 6.72. The van der Waals surface area contributed by atoms with Gasteiger partial charge in [0.1, 0.15) is 11.6 Å². The SMILES string of the molecule is CN(Cc1csc(-c2ccco2)n1)Cc1ccc(F)cc1F. The van der Waals surface area contributed by atoms with Crippen LogP contribution in [0.1, 0.15) is 11.3 Å². The molecular formula is C16H14F2N2OS. The summed E-state index contributed by atoms with van der Waals surface area (Å²) < 4.78 is 31.9. The zero-order valence-corrected chi connectivity index (χ0v) is 12.7. The summed E-state index contributed by atoms with van der Waals surface area (Å²) in [4.78, 5) is 6.43. The summed E-state index contributed by atoms with van der Waals surface area (Å²) in [5.74, 6) is -0.351. The second-order valence-electron chi connectivity index (χ2n) is 5.03. The summed E-state index contributed by atoms with van der Waals surface area (Å²) in [6, 6.07) is 7.32. The predicted molar refractivity (Wildman–Crippen MR) is 81.3 cm³/mol. The molecule has 3 aromatic rings. The van der Waals surface area contributed by atoms with E-state index in [-0.39, 0.29) is 0 Å². The monoisotopic (exact) mass is 320 g/mol. The van der Waals surface area contributed by atoms with Crippen molar-refractivity contribution in [2.45, 2.75) is 13.1 Å². The van der Waals surface area contributed by atoms with E-state index in [2.05, 4.69) is 4.98 Å². The van der Waals surface area contributed by atoms with Crippen molar-refractivity contribution in [3.63, 3.8) is 0 Å². The maximum absolute atomic E-state index is 13.6. The highest BCUT2D eigenvalue weighted by molar-refractivity contribution is 7.13. The molecule has 0 atom stereocenters. The van der Waals surface area contributed by atoms with Crippen LogP contribution < -0.4 is 0 Å². The molecular weight excluding hydrogens is 306 g/mol. The third-order valence-corrected chi connectivity index (χ3v) is 4.08. The van der Waals surface area contributed by atoms with E-state index in [1.54, 1.807) is 6.26 Å². The molecule has 3 rings (SSSR count). The van der Waals surface area contributed by atoms with Crippen LogP contribution in [0, 0.1) is 11.6 Å². The van der Waals surface area contributed by atoms with Gasteiger partial charge in [0.2, 0.25) is 0 Å². The van der Waals surface area contributed by atoms with Gasteiger partial charge >= 0.3 is 0 Å². The molecule has 1 aromatic carbocycles. The fraction of sp³-hybridized carbons (Fsp3) is 0.188. The number of benzene rings is 1. The van der Waals surface area contributed by atoms with Crippen LogP contribution in [0.15, 0.2) is 46.4 Å². The van der Waals surface area contributed by atoms with Crippen LogP contribution in [0.5, 0.6) is 0 Å². The Morgan fingerprint density at radius 2 is 2.09 bits per heavy atom. The van der Waals surface area contributed by atoms with Crippen molar-refractivity contribution in [2.75, 3.05) is 7.05 Å². The Bertz CT molecular complexity index is 755. The molecule has 0 N–H and O–H groups in total. The lowest BCUT2D eigenvalue weighted by Crippen LogP contribution is -2.18. The molecule has 114 valence electrons. The molecule has 0 radical (unpaired) electrons. The van der Waals surface area contributed by atoms with E-state index < -0.39 is 11.6 Å². The van der Waals surface area contributed by atoms with Crippen LogP contribution in [0.25, 0.3) is 10.8 Å². The molecule has 0 spiro atoms. The highest BCUT2D eigenvalue weighted by atomic mass is 32.1. The maximum Gasteiger partial charge on any atom is 0.162 e. The number of aromatic nitrogens is 1. The molecule has 0 aliphatic heterocycles. The van der Waals surface area contributed by atoms with Gasteiger partial charge in [-0.1, -0.05) is 6.07 Å². The van der Waals surface area contributed by atoms with Gasteiger partial charge in [0.25, 0.3) is 0 Å². The normalized spacial score (nSPS) is 11.3. The first kappa shape index (κ1) is 14.9. The van der Waals surface area contributed by atoms with Gasteiger partial charge < -0.3 is 4.42 Å². The van der Waals surface area contributed by atoms with Crippen LogP contribution in [0.2, 0.25) is 0 Å². The van der Waals surface area contributed by atoms with Crippen LogP contribution in [0.3, 0.4) is 0 Å². The number of hydrogen-bond donors (Lipinski definition) is 0. The Hall–Kier alpha value is -2.05. The van der Waals surface area contributed by atoms with Crippen molar-refractivity contribution in [3.8, 4) is 10.8 Å². The van der Waals surface area contributed by atoms with Crippen molar-refractivity contribution in [3.05, 3.63) is 64.9 Å². The van der Waals surface area contributed by atoms with Gasteiger partial charge in [0.15, 0.2) is 10.8 Å². The van der Waals surface area contributed by atoms with E-state index in [4.69, 9.17) is 4.42 Å². The lowest BCUT2D eigenvalue weighted by molar-refractivity contribution is 0.310. The smallest absolute Gasteiger partial charge is 0.162 e. The van der Waals surface area contributed by atoms with E-state index in [1.807, 2.05) is 29.5 Å². The second kappa shape index (κ2) is 6.37. The summed E-state index contributed by atoms with van der Waals surface area (Å²) in [5.41, 5.74) is 1.35. The molecule has 0 unspecified atom stereocenters. The number of rotatable bonds is 5. The van der Waals surface area contributed by atoms with Gasteiger partial charge in [0.05, 0.1) is 12.0 Å². The Balaban J connectivity index is 1.65. The van der Waals surface area contributed by atoms with Crippen molar-refractivity contribution in [2.24, 2.45) is 0 Å². The van der Waals surface area contributed by atoms with E-state index in [0.717, 1.165) is 22.5 Å². The average molecular weight is 320 g/mol. The molecule has 22 heavy (non-hydrogen) atoms. The molecule has 0 bridgehead atoms.